The number of carbonyl (C=O) groups excluding carboxylic acids is 2. The number of hydrogen-bond acceptors (Lipinski definition) is 5. The molecule has 19 heavy (non-hydrogen) atoms. The fraction of sp³-hybridized carbons (Fsp3) is 0.571. The molecule has 0 spiro atoms. The Morgan fingerprint density at radius 3 is 1.63 bits per heavy atom. The zero-order chi connectivity index (χ0) is 15.2. The maximum Gasteiger partial charge on any atom is 0.346 e. The minimum Gasteiger partial charge on any atom is -0.465 e. The van der Waals surface area contributed by atoms with Crippen LogP contribution in [-0.2, 0) is 19.1 Å². The van der Waals surface area contributed by atoms with Crippen molar-refractivity contribution in [3.63, 3.8) is 0 Å². The van der Waals surface area contributed by atoms with Crippen molar-refractivity contribution in [1.82, 2.24) is 4.90 Å². The molecule has 0 saturated carbocycles. The van der Waals surface area contributed by atoms with Gasteiger partial charge in [0.25, 0.3) is 0 Å². The van der Waals surface area contributed by atoms with E-state index in [1.807, 2.05) is 40.8 Å². The first-order chi connectivity index (χ1) is 8.63. The highest BCUT2D eigenvalue weighted by molar-refractivity contribution is 6.13. The van der Waals surface area contributed by atoms with Gasteiger partial charge >= 0.3 is 11.9 Å². The molecule has 5 nitrogen and oxygen atoms in total. The van der Waals surface area contributed by atoms with Crippen LogP contribution in [0.4, 0.5) is 0 Å². The van der Waals surface area contributed by atoms with Crippen LogP contribution in [0, 0.1) is 0 Å². The summed E-state index contributed by atoms with van der Waals surface area (Å²) >= 11 is 0. The maximum absolute atomic E-state index is 11.6. The van der Waals surface area contributed by atoms with Gasteiger partial charge in [0.15, 0.2) is 5.57 Å². The second-order valence-corrected chi connectivity index (χ2v) is 5.31. The van der Waals surface area contributed by atoms with Crippen molar-refractivity contribution in [2.45, 2.75) is 40.2 Å². The van der Waals surface area contributed by atoms with E-state index in [9.17, 15) is 9.59 Å². The highest BCUT2D eigenvalue weighted by atomic mass is 16.5. The van der Waals surface area contributed by atoms with Crippen LogP contribution in [-0.4, -0.2) is 36.6 Å². The second kappa shape index (κ2) is 6.97. The molecule has 5 heteroatoms. The predicted molar refractivity (Wildman–Crippen MR) is 73.1 cm³/mol. The van der Waals surface area contributed by atoms with E-state index >= 15 is 0 Å². The molecule has 0 rings (SSSR count). The molecule has 0 aliphatic heterocycles. The van der Waals surface area contributed by atoms with Gasteiger partial charge in [-0.15, -0.1) is 0 Å². The van der Waals surface area contributed by atoms with Gasteiger partial charge in [0.05, 0.1) is 14.2 Å². The molecule has 0 amide bonds. The molecule has 0 N–H and O–H groups in total. The second-order valence-electron chi connectivity index (χ2n) is 5.31. The Bertz CT molecular complexity index is 380. The summed E-state index contributed by atoms with van der Waals surface area (Å²) in [5.74, 6) is -1.44. The van der Waals surface area contributed by atoms with E-state index in [1.165, 1.54) is 20.4 Å². The standard InChI is InChI=1S/C14H23NO4/c1-10(2)8-15(14(3,4)5)9-11(12(16)18-6)13(17)19-7/h8-9H,1-7H3. The van der Waals surface area contributed by atoms with Crippen LogP contribution in [0.1, 0.15) is 34.6 Å². The topological polar surface area (TPSA) is 55.8 Å². The summed E-state index contributed by atoms with van der Waals surface area (Å²) in [4.78, 5) is 25.0. The average molecular weight is 269 g/mol. The van der Waals surface area contributed by atoms with E-state index < -0.39 is 11.9 Å². The maximum atomic E-state index is 11.6. The van der Waals surface area contributed by atoms with Crippen molar-refractivity contribution in [1.29, 1.82) is 0 Å². The number of carbonyl (C=O) groups is 2. The van der Waals surface area contributed by atoms with E-state index in [0.717, 1.165) is 5.57 Å². The lowest BCUT2D eigenvalue weighted by Crippen LogP contribution is -2.34. The highest BCUT2D eigenvalue weighted by Crippen LogP contribution is 2.18. The Balaban J connectivity index is 5.65. The molecule has 108 valence electrons. The molecular weight excluding hydrogens is 246 g/mol. The monoisotopic (exact) mass is 269 g/mol. The van der Waals surface area contributed by atoms with Crippen molar-refractivity contribution >= 4 is 11.9 Å². The normalized spacial score (nSPS) is 10.3. The summed E-state index contributed by atoms with van der Waals surface area (Å²) in [5, 5.41) is 0. The molecule has 0 bridgehead atoms. The molecule has 0 heterocycles. The van der Waals surface area contributed by atoms with Gasteiger partial charge < -0.3 is 14.4 Å². The molecule has 0 atom stereocenters. The minimum absolute atomic E-state index is 0.141. The molecule has 0 fully saturated rings. The van der Waals surface area contributed by atoms with Gasteiger partial charge in [-0.3, -0.25) is 0 Å². The van der Waals surface area contributed by atoms with Gasteiger partial charge in [-0.2, -0.15) is 0 Å². The number of ether oxygens (including phenoxy) is 2. The number of nitrogens with zero attached hydrogens (tertiary/aromatic N) is 1. The van der Waals surface area contributed by atoms with E-state index in [4.69, 9.17) is 0 Å². The van der Waals surface area contributed by atoms with Gasteiger partial charge in [-0.25, -0.2) is 9.59 Å². The Morgan fingerprint density at radius 2 is 1.37 bits per heavy atom. The third-order valence-electron chi connectivity index (χ3n) is 2.25. The first-order valence-electron chi connectivity index (χ1n) is 5.95. The van der Waals surface area contributed by atoms with Crippen LogP contribution in [0.2, 0.25) is 0 Å². The van der Waals surface area contributed by atoms with Gasteiger partial charge in [-0.05, 0) is 34.6 Å². The Morgan fingerprint density at radius 1 is 0.947 bits per heavy atom. The Hall–Kier alpha value is -1.78. The molecule has 0 aliphatic carbocycles. The number of rotatable bonds is 4. The number of esters is 2. The van der Waals surface area contributed by atoms with Crippen LogP contribution in [0.5, 0.6) is 0 Å². The quantitative estimate of drug-likeness (QED) is 0.339. The summed E-state index contributed by atoms with van der Waals surface area (Å²) in [5.41, 5.74) is 0.613. The summed E-state index contributed by atoms with van der Waals surface area (Å²) < 4.78 is 9.20. The van der Waals surface area contributed by atoms with E-state index in [0.29, 0.717) is 0 Å². The lowest BCUT2D eigenvalue weighted by atomic mass is 10.1. The van der Waals surface area contributed by atoms with Crippen molar-refractivity contribution in [2.24, 2.45) is 0 Å². The van der Waals surface area contributed by atoms with Crippen molar-refractivity contribution in [2.75, 3.05) is 14.2 Å². The third-order valence-corrected chi connectivity index (χ3v) is 2.25. The molecule has 0 radical (unpaired) electrons. The minimum atomic E-state index is -0.719. The molecule has 0 aromatic heterocycles. The van der Waals surface area contributed by atoms with Crippen LogP contribution < -0.4 is 0 Å². The number of allylic oxidation sites excluding steroid dienone is 1. The smallest absolute Gasteiger partial charge is 0.346 e. The van der Waals surface area contributed by atoms with Crippen molar-refractivity contribution in [3.05, 3.63) is 23.5 Å². The first-order valence-corrected chi connectivity index (χ1v) is 5.95. The fourth-order valence-corrected chi connectivity index (χ4v) is 1.25. The van der Waals surface area contributed by atoms with Gasteiger partial charge in [-0.1, -0.05) is 5.57 Å². The average Bonchev–Trinajstić information content (AvgIpc) is 2.30. The Kier molecular flexibility index (Phi) is 6.32. The zero-order valence-electron chi connectivity index (χ0n) is 12.7. The van der Waals surface area contributed by atoms with Crippen molar-refractivity contribution < 1.29 is 19.1 Å². The highest BCUT2D eigenvalue weighted by Gasteiger charge is 2.24. The SMILES string of the molecule is COC(=O)C(=CN(C=C(C)C)C(C)(C)C)C(=O)OC. The van der Waals surface area contributed by atoms with E-state index in [1.54, 1.807) is 4.90 Å². The third kappa shape index (κ3) is 5.59. The van der Waals surface area contributed by atoms with Crippen LogP contribution in [0.15, 0.2) is 23.5 Å². The fourth-order valence-electron chi connectivity index (χ4n) is 1.25. The van der Waals surface area contributed by atoms with E-state index in [-0.39, 0.29) is 11.1 Å². The van der Waals surface area contributed by atoms with E-state index in [2.05, 4.69) is 9.47 Å². The summed E-state index contributed by atoms with van der Waals surface area (Å²) in [6.07, 6.45) is 3.30. The lowest BCUT2D eigenvalue weighted by molar-refractivity contribution is -0.144. The summed E-state index contributed by atoms with van der Waals surface area (Å²) in [7, 11) is 2.45. The van der Waals surface area contributed by atoms with Crippen LogP contribution in [0.3, 0.4) is 0 Å². The molecule has 0 aromatic carbocycles. The van der Waals surface area contributed by atoms with Gasteiger partial charge in [0, 0.05) is 17.9 Å². The van der Waals surface area contributed by atoms with Crippen LogP contribution >= 0.6 is 0 Å². The molecule has 0 unspecified atom stereocenters. The first kappa shape index (κ1) is 17.2. The van der Waals surface area contributed by atoms with Gasteiger partial charge in [0.2, 0.25) is 0 Å². The predicted octanol–water partition coefficient (Wildman–Crippen LogP) is 2.24. The number of hydrogen-bond donors (Lipinski definition) is 0. The molecule has 0 aromatic rings. The zero-order valence-corrected chi connectivity index (χ0v) is 12.7. The molecule has 0 aliphatic rings. The molecular formula is C14H23NO4. The molecule has 0 saturated heterocycles. The van der Waals surface area contributed by atoms with Crippen LogP contribution in [0.25, 0.3) is 0 Å². The summed E-state index contributed by atoms with van der Waals surface area (Å²) in [6.45, 7) is 9.77. The lowest BCUT2D eigenvalue weighted by Gasteiger charge is -2.32. The largest absolute Gasteiger partial charge is 0.465 e. The van der Waals surface area contributed by atoms with Gasteiger partial charge in [0.1, 0.15) is 0 Å². The van der Waals surface area contributed by atoms with Crippen molar-refractivity contribution in [3.8, 4) is 0 Å². The summed E-state index contributed by atoms with van der Waals surface area (Å²) in [6, 6.07) is 0. The Labute approximate surface area is 114 Å². The number of methoxy groups -OCH3 is 2.